The minimum absolute atomic E-state index is 0.553. The molecule has 0 fully saturated rings. The van der Waals surface area contributed by atoms with Crippen LogP contribution in [-0.4, -0.2) is 11.6 Å². The Morgan fingerprint density at radius 1 is 1.47 bits per heavy atom. The molecule has 1 unspecified atom stereocenters. The van der Waals surface area contributed by atoms with E-state index >= 15 is 0 Å². The smallest absolute Gasteiger partial charge is 0.237 e. The Bertz CT molecular complexity index is 312. The van der Waals surface area contributed by atoms with Crippen LogP contribution >= 0.6 is 0 Å². The lowest BCUT2D eigenvalue weighted by Gasteiger charge is -2.12. The number of hydrogen-bond donors (Lipinski definition) is 1. The van der Waals surface area contributed by atoms with E-state index in [0.717, 1.165) is 5.69 Å². The average Bonchev–Trinajstić information content (AvgIpc) is 2.20. The van der Waals surface area contributed by atoms with Crippen molar-refractivity contribution in [2.45, 2.75) is 33.6 Å². The van der Waals surface area contributed by atoms with E-state index in [2.05, 4.69) is 18.8 Å². The molecule has 1 aromatic heterocycles. The molecule has 3 heteroatoms. The number of pyridine rings is 1. The van der Waals surface area contributed by atoms with E-state index in [9.17, 15) is 0 Å². The van der Waals surface area contributed by atoms with E-state index < -0.39 is 0 Å². The van der Waals surface area contributed by atoms with Crippen molar-refractivity contribution < 1.29 is 4.74 Å². The Morgan fingerprint density at radius 3 is 2.87 bits per heavy atom. The van der Waals surface area contributed by atoms with E-state index in [1.54, 1.807) is 0 Å². The zero-order valence-corrected chi connectivity index (χ0v) is 9.79. The first-order valence-corrected chi connectivity index (χ1v) is 5.49. The molecule has 1 aromatic rings. The summed E-state index contributed by atoms with van der Waals surface area (Å²) in [5.74, 6) is 1.12. The van der Waals surface area contributed by atoms with Crippen molar-refractivity contribution in [3.63, 3.8) is 0 Å². The van der Waals surface area contributed by atoms with Gasteiger partial charge in [-0.2, -0.15) is 0 Å². The molecule has 0 saturated heterocycles. The highest BCUT2D eigenvalue weighted by Crippen LogP contribution is 2.19. The standard InChI is InChI=1S/C12H20N2O/c1-4-5-9(2)8-15-12-11(13)7-6-10(3)14-12/h6-7,9H,4-5,8,13H2,1-3H3. The van der Waals surface area contributed by atoms with Crippen molar-refractivity contribution in [3.05, 3.63) is 17.8 Å². The Morgan fingerprint density at radius 2 is 2.20 bits per heavy atom. The summed E-state index contributed by atoms with van der Waals surface area (Å²) in [7, 11) is 0. The molecule has 2 N–H and O–H groups in total. The van der Waals surface area contributed by atoms with Gasteiger partial charge >= 0.3 is 0 Å². The Hall–Kier alpha value is -1.25. The zero-order valence-electron chi connectivity index (χ0n) is 9.79. The van der Waals surface area contributed by atoms with Crippen molar-refractivity contribution in [2.24, 2.45) is 5.92 Å². The van der Waals surface area contributed by atoms with Crippen molar-refractivity contribution in [3.8, 4) is 5.88 Å². The molecular formula is C12H20N2O. The number of nitrogens with zero attached hydrogens (tertiary/aromatic N) is 1. The first-order chi connectivity index (χ1) is 7.13. The van der Waals surface area contributed by atoms with Gasteiger partial charge in [0, 0.05) is 5.69 Å². The molecule has 0 spiro atoms. The van der Waals surface area contributed by atoms with Gasteiger partial charge in [0.05, 0.1) is 12.3 Å². The highest BCUT2D eigenvalue weighted by atomic mass is 16.5. The van der Waals surface area contributed by atoms with Crippen LogP contribution in [-0.2, 0) is 0 Å². The van der Waals surface area contributed by atoms with Gasteiger partial charge in [-0.3, -0.25) is 0 Å². The fourth-order valence-electron chi connectivity index (χ4n) is 1.46. The zero-order chi connectivity index (χ0) is 11.3. The lowest BCUT2D eigenvalue weighted by Crippen LogP contribution is -2.10. The topological polar surface area (TPSA) is 48.1 Å². The lowest BCUT2D eigenvalue weighted by molar-refractivity contribution is 0.244. The van der Waals surface area contributed by atoms with Crippen molar-refractivity contribution in [1.29, 1.82) is 0 Å². The predicted molar refractivity (Wildman–Crippen MR) is 63.0 cm³/mol. The first kappa shape index (κ1) is 11.8. The summed E-state index contributed by atoms with van der Waals surface area (Å²) in [6, 6.07) is 3.72. The molecule has 84 valence electrons. The second-order valence-corrected chi connectivity index (χ2v) is 4.05. The minimum atomic E-state index is 0.553. The molecule has 15 heavy (non-hydrogen) atoms. The van der Waals surface area contributed by atoms with Crippen LogP contribution in [0.25, 0.3) is 0 Å². The highest BCUT2D eigenvalue weighted by Gasteiger charge is 2.05. The Labute approximate surface area is 91.7 Å². The predicted octanol–water partition coefficient (Wildman–Crippen LogP) is 2.79. The second kappa shape index (κ2) is 5.59. The number of nitrogen functional groups attached to an aromatic ring is 1. The number of ether oxygens (including phenoxy) is 1. The van der Waals surface area contributed by atoms with Gasteiger partial charge in [-0.1, -0.05) is 20.3 Å². The molecule has 1 rings (SSSR count). The van der Waals surface area contributed by atoms with Gasteiger partial charge in [-0.05, 0) is 31.4 Å². The fourth-order valence-corrected chi connectivity index (χ4v) is 1.46. The van der Waals surface area contributed by atoms with Gasteiger partial charge in [0.15, 0.2) is 0 Å². The maximum Gasteiger partial charge on any atom is 0.237 e. The van der Waals surface area contributed by atoms with Gasteiger partial charge in [-0.15, -0.1) is 0 Å². The summed E-state index contributed by atoms with van der Waals surface area (Å²) in [5.41, 5.74) is 7.31. The first-order valence-electron chi connectivity index (χ1n) is 5.49. The van der Waals surface area contributed by atoms with Crippen LogP contribution in [0.5, 0.6) is 5.88 Å². The maximum atomic E-state index is 5.76. The molecule has 0 aromatic carbocycles. The molecule has 1 heterocycles. The van der Waals surface area contributed by atoms with Gasteiger partial charge in [0.25, 0.3) is 0 Å². The lowest BCUT2D eigenvalue weighted by atomic mass is 10.1. The molecular weight excluding hydrogens is 188 g/mol. The third-order valence-corrected chi connectivity index (χ3v) is 2.31. The van der Waals surface area contributed by atoms with Crippen LogP contribution in [0.4, 0.5) is 5.69 Å². The number of aromatic nitrogens is 1. The number of nitrogens with two attached hydrogens (primary N) is 1. The van der Waals surface area contributed by atoms with Crippen LogP contribution in [0.15, 0.2) is 12.1 Å². The van der Waals surface area contributed by atoms with E-state index in [1.807, 2.05) is 19.1 Å². The number of hydrogen-bond acceptors (Lipinski definition) is 3. The monoisotopic (exact) mass is 208 g/mol. The average molecular weight is 208 g/mol. The molecule has 0 amide bonds. The van der Waals surface area contributed by atoms with Gasteiger partial charge < -0.3 is 10.5 Å². The van der Waals surface area contributed by atoms with Crippen LogP contribution in [0.2, 0.25) is 0 Å². The largest absolute Gasteiger partial charge is 0.476 e. The van der Waals surface area contributed by atoms with Crippen molar-refractivity contribution >= 4 is 5.69 Å². The van der Waals surface area contributed by atoms with E-state index in [4.69, 9.17) is 10.5 Å². The van der Waals surface area contributed by atoms with Crippen LogP contribution in [0.1, 0.15) is 32.4 Å². The molecule has 0 saturated carbocycles. The summed E-state index contributed by atoms with van der Waals surface area (Å²) in [6.07, 6.45) is 2.35. The quantitative estimate of drug-likeness (QED) is 0.809. The second-order valence-electron chi connectivity index (χ2n) is 4.05. The third kappa shape index (κ3) is 3.78. The van der Waals surface area contributed by atoms with Crippen LogP contribution in [0.3, 0.4) is 0 Å². The molecule has 0 aliphatic rings. The van der Waals surface area contributed by atoms with Gasteiger partial charge in [0.1, 0.15) is 0 Å². The number of rotatable bonds is 5. The number of aryl methyl sites for hydroxylation is 1. The molecule has 0 bridgehead atoms. The summed E-state index contributed by atoms with van der Waals surface area (Å²) >= 11 is 0. The molecule has 0 radical (unpaired) electrons. The Balaban J connectivity index is 2.53. The summed E-state index contributed by atoms with van der Waals surface area (Å²) in [6.45, 7) is 6.97. The molecule has 0 aliphatic carbocycles. The van der Waals surface area contributed by atoms with E-state index in [-0.39, 0.29) is 0 Å². The van der Waals surface area contributed by atoms with Crippen LogP contribution < -0.4 is 10.5 Å². The Kier molecular flexibility index (Phi) is 4.40. The van der Waals surface area contributed by atoms with Crippen LogP contribution in [0, 0.1) is 12.8 Å². The summed E-state index contributed by atoms with van der Waals surface area (Å²) in [5, 5.41) is 0. The van der Waals surface area contributed by atoms with E-state index in [1.165, 1.54) is 12.8 Å². The SMILES string of the molecule is CCCC(C)COc1nc(C)ccc1N. The summed E-state index contributed by atoms with van der Waals surface area (Å²) in [4.78, 5) is 4.26. The summed E-state index contributed by atoms with van der Waals surface area (Å²) < 4.78 is 5.60. The van der Waals surface area contributed by atoms with Gasteiger partial charge in [-0.25, -0.2) is 4.98 Å². The highest BCUT2D eigenvalue weighted by molar-refractivity contribution is 5.48. The third-order valence-electron chi connectivity index (χ3n) is 2.31. The molecule has 0 aliphatic heterocycles. The maximum absolute atomic E-state index is 5.76. The normalized spacial score (nSPS) is 12.5. The van der Waals surface area contributed by atoms with E-state index in [0.29, 0.717) is 24.1 Å². The molecule has 3 nitrogen and oxygen atoms in total. The van der Waals surface area contributed by atoms with Crippen molar-refractivity contribution in [1.82, 2.24) is 4.98 Å². The fraction of sp³-hybridized carbons (Fsp3) is 0.583. The van der Waals surface area contributed by atoms with Crippen molar-refractivity contribution in [2.75, 3.05) is 12.3 Å². The van der Waals surface area contributed by atoms with Gasteiger partial charge in [0.2, 0.25) is 5.88 Å². The molecule has 1 atom stereocenters. The minimum Gasteiger partial charge on any atom is -0.476 e. The number of anilines is 1.